The van der Waals surface area contributed by atoms with Crippen molar-refractivity contribution < 1.29 is 17.9 Å². The normalized spacial score (nSPS) is 15.4. The van der Waals surface area contributed by atoms with Crippen molar-refractivity contribution in [2.45, 2.75) is 25.3 Å². The molecule has 6 nitrogen and oxygen atoms in total. The van der Waals surface area contributed by atoms with Gasteiger partial charge in [0.15, 0.2) is 0 Å². The largest absolute Gasteiger partial charge is 0.468 e. The van der Waals surface area contributed by atoms with Crippen LogP contribution in [-0.2, 0) is 19.4 Å². The van der Waals surface area contributed by atoms with E-state index in [4.69, 9.17) is 5.73 Å². The molecule has 1 unspecified atom stereocenters. The Morgan fingerprint density at radius 2 is 1.94 bits per heavy atom. The third-order valence-corrected chi connectivity index (χ3v) is 3.66. The number of carbonyl (C=O) groups excluding carboxylic acids is 1. The minimum absolute atomic E-state index is 0.139. The van der Waals surface area contributed by atoms with Gasteiger partial charge in [0.1, 0.15) is 15.4 Å². The number of rotatable bonds is 8. The first-order chi connectivity index (χ1) is 8.08. The first kappa shape index (κ1) is 17.3. The lowest BCUT2D eigenvalue weighted by molar-refractivity contribution is -0.146. The van der Waals surface area contributed by atoms with Crippen LogP contribution in [0, 0.1) is 0 Å². The molecular weight excluding hydrogens is 256 g/mol. The first-order valence-corrected chi connectivity index (χ1v) is 7.88. The maximum absolute atomic E-state index is 11.3. The van der Waals surface area contributed by atoms with Crippen molar-refractivity contribution in [2.24, 2.45) is 5.73 Å². The minimum Gasteiger partial charge on any atom is -0.468 e. The van der Waals surface area contributed by atoms with Crippen LogP contribution in [0.3, 0.4) is 0 Å². The lowest BCUT2D eigenvalue weighted by Gasteiger charge is -2.23. The average Bonchev–Trinajstić information content (AvgIpc) is 2.24. The lowest BCUT2D eigenvalue weighted by atomic mass is 9.97. The smallest absolute Gasteiger partial charge is 0.325 e. The monoisotopic (exact) mass is 280 g/mol. The van der Waals surface area contributed by atoms with Crippen molar-refractivity contribution in [3.05, 3.63) is 0 Å². The molecule has 0 fully saturated rings. The number of nitrogens with zero attached hydrogens (tertiary/aromatic N) is 1. The summed E-state index contributed by atoms with van der Waals surface area (Å²) in [5, 5.41) is 0. The Labute approximate surface area is 109 Å². The third-order valence-electron chi connectivity index (χ3n) is 2.73. The molecule has 0 saturated carbocycles. The van der Waals surface area contributed by atoms with E-state index in [2.05, 4.69) is 4.74 Å². The second-order valence-electron chi connectivity index (χ2n) is 4.95. The molecule has 18 heavy (non-hydrogen) atoms. The van der Waals surface area contributed by atoms with Crippen LogP contribution in [-0.4, -0.2) is 64.1 Å². The van der Waals surface area contributed by atoms with Crippen molar-refractivity contribution >= 4 is 15.8 Å². The number of hydrogen-bond acceptors (Lipinski definition) is 6. The second kappa shape index (κ2) is 7.06. The molecule has 0 bridgehead atoms. The average molecular weight is 280 g/mol. The van der Waals surface area contributed by atoms with Gasteiger partial charge in [-0.3, -0.25) is 4.79 Å². The molecule has 0 heterocycles. The van der Waals surface area contributed by atoms with Gasteiger partial charge in [0, 0.05) is 12.8 Å². The zero-order valence-corrected chi connectivity index (χ0v) is 12.4. The highest BCUT2D eigenvalue weighted by Crippen LogP contribution is 2.11. The van der Waals surface area contributed by atoms with Gasteiger partial charge in [0.05, 0.1) is 12.9 Å². The summed E-state index contributed by atoms with van der Waals surface area (Å²) in [6.07, 6.45) is 2.43. The molecule has 0 spiro atoms. The van der Waals surface area contributed by atoms with Crippen LogP contribution in [0.4, 0.5) is 0 Å². The Bertz CT molecular complexity index is 365. The number of hydrogen-bond donors (Lipinski definition) is 1. The maximum atomic E-state index is 11.3. The van der Waals surface area contributed by atoms with Gasteiger partial charge in [0.25, 0.3) is 0 Å². The van der Waals surface area contributed by atoms with E-state index in [9.17, 15) is 13.2 Å². The van der Waals surface area contributed by atoms with E-state index < -0.39 is 21.3 Å². The predicted octanol–water partition coefficient (Wildman–Crippen LogP) is -0.367. The van der Waals surface area contributed by atoms with Crippen LogP contribution >= 0.6 is 0 Å². The Balaban J connectivity index is 3.94. The van der Waals surface area contributed by atoms with Crippen LogP contribution in [0.15, 0.2) is 0 Å². The van der Waals surface area contributed by atoms with E-state index in [-0.39, 0.29) is 5.75 Å². The Morgan fingerprint density at radius 3 is 2.39 bits per heavy atom. The molecule has 1 atom stereocenters. The molecule has 0 aromatic rings. The Morgan fingerprint density at radius 1 is 1.39 bits per heavy atom. The zero-order valence-electron chi connectivity index (χ0n) is 11.6. The summed E-state index contributed by atoms with van der Waals surface area (Å²) in [7, 11) is 0.225. The summed E-state index contributed by atoms with van der Waals surface area (Å²) in [4.78, 5) is 13.2. The van der Waals surface area contributed by atoms with Gasteiger partial charge in [0.2, 0.25) is 0 Å². The van der Waals surface area contributed by atoms with Gasteiger partial charge < -0.3 is 15.4 Å². The van der Waals surface area contributed by atoms with Crippen LogP contribution in [0.5, 0.6) is 0 Å². The molecule has 0 aromatic heterocycles. The van der Waals surface area contributed by atoms with Crippen molar-refractivity contribution in [2.75, 3.05) is 39.3 Å². The quantitative estimate of drug-likeness (QED) is 0.610. The van der Waals surface area contributed by atoms with Gasteiger partial charge in [-0.1, -0.05) is 0 Å². The topological polar surface area (TPSA) is 89.7 Å². The fraction of sp³-hybridized carbons (Fsp3) is 0.909. The first-order valence-electron chi connectivity index (χ1n) is 5.82. The molecule has 0 aliphatic rings. The number of nitrogens with two attached hydrogens (primary N) is 1. The molecule has 0 aromatic carbocycles. The molecular formula is C11H24N2O4S. The molecule has 0 aliphatic heterocycles. The van der Waals surface area contributed by atoms with Gasteiger partial charge in [-0.2, -0.15) is 0 Å². The van der Waals surface area contributed by atoms with Crippen LogP contribution in [0.1, 0.15) is 19.8 Å². The predicted molar refractivity (Wildman–Crippen MR) is 71.1 cm³/mol. The van der Waals surface area contributed by atoms with Crippen LogP contribution < -0.4 is 5.73 Å². The fourth-order valence-electron chi connectivity index (χ4n) is 1.48. The Kier molecular flexibility index (Phi) is 6.80. The summed E-state index contributed by atoms with van der Waals surface area (Å²) in [5.41, 5.74) is 4.83. The minimum atomic E-state index is -2.93. The SMILES string of the molecule is COC(=O)C(C)(N)CCCN(C)CCS(C)(=O)=O. The summed E-state index contributed by atoms with van der Waals surface area (Å²) >= 11 is 0. The van der Waals surface area contributed by atoms with Crippen LogP contribution in [0.25, 0.3) is 0 Å². The Hall–Kier alpha value is -0.660. The fourth-order valence-corrected chi connectivity index (χ4v) is 2.13. The summed E-state index contributed by atoms with van der Waals surface area (Å²) in [6, 6.07) is 0. The molecule has 0 radical (unpaired) electrons. The van der Waals surface area contributed by atoms with E-state index in [0.717, 1.165) is 0 Å². The molecule has 2 N–H and O–H groups in total. The summed E-state index contributed by atoms with van der Waals surface area (Å²) in [6.45, 7) is 2.81. The van der Waals surface area contributed by atoms with E-state index in [1.54, 1.807) is 6.92 Å². The van der Waals surface area contributed by atoms with Gasteiger partial charge >= 0.3 is 5.97 Å². The maximum Gasteiger partial charge on any atom is 0.325 e. The van der Waals surface area contributed by atoms with Gasteiger partial charge in [-0.15, -0.1) is 0 Å². The van der Waals surface area contributed by atoms with Crippen LogP contribution in [0.2, 0.25) is 0 Å². The summed E-state index contributed by atoms with van der Waals surface area (Å²) < 4.78 is 26.6. The highest BCUT2D eigenvalue weighted by molar-refractivity contribution is 7.90. The summed E-state index contributed by atoms with van der Waals surface area (Å²) in [5.74, 6) is -0.290. The number of esters is 1. The van der Waals surface area contributed by atoms with Crippen molar-refractivity contribution in [1.29, 1.82) is 0 Å². The van der Waals surface area contributed by atoms with E-state index >= 15 is 0 Å². The van der Waals surface area contributed by atoms with Crippen molar-refractivity contribution in [3.8, 4) is 0 Å². The third kappa shape index (κ3) is 7.62. The number of carbonyl (C=O) groups is 1. The molecule has 0 amide bonds. The second-order valence-corrected chi connectivity index (χ2v) is 7.21. The van der Waals surface area contributed by atoms with Gasteiger partial charge in [-0.05, 0) is 33.4 Å². The van der Waals surface area contributed by atoms with Crippen molar-refractivity contribution in [3.63, 3.8) is 0 Å². The highest BCUT2D eigenvalue weighted by atomic mass is 32.2. The van der Waals surface area contributed by atoms with Crippen molar-refractivity contribution in [1.82, 2.24) is 4.90 Å². The molecule has 0 aliphatic carbocycles. The standard InChI is InChI=1S/C11H24N2O4S/c1-11(12,10(14)17-3)6-5-7-13(2)8-9-18(4,15)16/h5-9,12H2,1-4H3. The lowest BCUT2D eigenvalue weighted by Crippen LogP contribution is -2.46. The van der Waals surface area contributed by atoms with E-state index in [0.29, 0.717) is 25.9 Å². The molecule has 0 rings (SSSR count). The number of sulfone groups is 1. The number of ether oxygens (including phenoxy) is 1. The van der Waals surface area contributed by atoms with E-state index in [1.165, 1.54) is 13.4 Å². The molecule has 7 heteroatoms. The molecule has 108 valence electrons. The van der Waals surface area contributed by atoms with Gasteiger partial charge in [-0.25, -0.2) is 8.42 Å². The molecule has 0 saturated heterocycles. The number of methoxy groups -OCH3 is 1. The highest BCUT2D eigenvalue weighted by Gasteiger charge is 2.28. The van der Waals surface area contributed by atoms with E-state index in [1.807, 2.05) is 11.9 Å². The zero-order chi connectivity index (χ0) is 14.4.